The van der Waals surface area contributed by atoms with Crippen LogP contribution in [0.25, 0.3) is 0 Å². The summed E-state index contributed by atoms with van der Waals surface area (Å²) in [6.07, 6.45) is 1.34. The smallest absolute Gasteiger partial charge is 0.198 e. The first-order valence-corrected chi connectivity index (χ1v) is 5.47. The molecule has 4 heteroatoms. The van der Waals surface area contributed by atoms with Crippen molar-refractivity contribution in [2.75, 3.05) is 6.16 Å². The van der Waals surface area contributed by atoms with Crippen LogP contribution in [0.15, 0.2) is 0 Å². The molecule has 7 heavy (non-hydrogen) atoms. The lowest BCUT2D eigenvalue weighted by molar-refractivity contribution is 1.24. The van der Waals surface area contributed by atoms with Gasteiger partial charge in [0, 0.05) is 0 Å². The lowest BCUT2D eigenvalue weighted by Gasteiger charge is -1.68. The van der Waals surface area contributed by atoms with Gasteiger partial charge in [0.25, 0.3) is 0 Å². The first-order chi connectivity index (χ1) is 3.27. The second kappa shape index (κ2) is 4.52. The zero-order valence-electron chi connectivity index (χ0n) is 3.66. The first-order valence-electron chi connectivity index (χ1n) is 1.78. The molecular formula is C3H5NPS2+. The maximum absolute atomic E-state index is 8.00. The predicted molar refractivity (Wildman–Crippen MR) is 38.4 cm³/mol. The van der Waals surface area contributed by atoms with Crippen molar-refractivity contribution < 1.29 is 0 Å². The topological polar surface area (TPSA) is 23.8 Å². The third-order valence-corrected chi connectivity index (χ3v) is 2.17. The predicted octanol–water partition coefficient (Wildman–Crippen LogP) is 1.69. The van der Waals surface area contributed by atoms with E-state index >= 15 is 0 Å². The quantitative estimate of drug-likeness (QED) is 0.478. The van der Waals surface area contributed by atoms with Crippen LogP contribution in [0.1, 0.15) is 6.42 Å². The van der Waals surface area contributed by atoms with Crippen LogP contribution in [-0.2, 0) is 11.8 Å². The molecule has 0 aromatic rings. The molecule has 0 saturated carbocycles. The van der Waals surface area contributed by atoms with Crippen molar-refractivity contribution in [1.29, 1.82) is 5.26 Å². The number of nitriles is 1. The van der Waals surface area contributed by atoms with Crippen LogP contribution in [0.4, 0.5) is 0 Å². The minimum absolute atomic E-state index is 0.551. The summed E-state index contributed by atoms with van der Waals surface area (Å²) in [5, 5.41) is 8.00. The molecule has 0 amide bonds. The number of nitrogens with zero attached hydrogens (tertiary/aromatic N) is 1. The number of hydrogen-bond donors (Lipinski definition) is 1. The molecule has 1 atom stereocenters. The van der Waals surface area contributed by atoms with Gasteiger partial charge >= 0.3 is 0 Å². The van der Waals surface area contributed by atoms with E-state index in [9.17, 15) is 0 Å². The Kier molecular flexibility index (Phi) is 4.75. The zero-order chi connectivity index (χ0) is 5.70. The maximum Gasteiger partial charge on any atom is 0.243 e. The van der Waals surface area contributed by atoms with Gasteiger partial charge in [-0.1, -0.05) is 0 Å². The molecule has 0 aromatic heterocycles. The molecule has 0 fully saturated rings. The molecule has 0 bridgehead atoms. The van der Waals surface area contributed by atoms with Crippen LogP contribution in [0.2, 0.25) is 0 Å². The van der Waals surface area contributed by atoms with Crippen LogP contribution in [0.5, 0.6) is 0 Å². The van der Waals surface area contributed by atoms with Gasteiger partial charge in [-0.3, -0.25) is 0 Å². The summed E-state index contributed by atoms with van der Waals surface area (Å²) in [7, 11) is 0. The third kappa shape index (κ3) is 6.36. The molecule has 0 aliphatic heterocycles. The molecule has 0 radical (unpaired) electrons. The maximum atomic E-state index is 8.00. The molecule has 0 rings (SSSR count). The van der Waals surface area contributed by atoms with Crippen LogP contribution in [-0.4, -0.2) is 6.16 Å². The van der Waals surface area contributed by atoms with Crippen LogP contribution in [0.3, 0.4) is 0 Å². The summed E-state index contributed by atoms with van der Waals surface area (Å²) in [4.78, 5) is 0. The molecular weight excluding hydrogens is 145 g/mol. The lowest BCUT2D eigenvalue weighted by Crippen LogP contribution is -1.66. The summed E-state index contributed by atoms with van der Waals surface area (Å²) in [5.41, 5.74) is 0. The van der Waals surface area contributed by atoms with E-state index in [0.29, 0.717) is 6.42 Å². The molecule has 0 spiro atoms. The first kappa shape index (κ1) is 7.36. The van der Waals surface area contributed by atoms with Crippen molar-refractivity contribution in [3.63, 3.8) is 0 Å². The normalized spacial score (nSPS) is 10.0. The van der Waals surface area contributed by atoms with Gasteiger partial charge in [0.2, 0.25) is 5.90 Å². The highest BCUT2D eigenvalue weighted by atomic mass is 32.9. The number of rotatable bonds is 2. The largest absolute Gasteiger partial charge is 0.243 e. The minimum atomic E-state index is -0.551. The minimum Gasteiger partial charge on any atom is -0.198 e. The molecule has 1 nitrogen and oxygen atoms in total. The van der Waals surface area contributed by atoms with E-state index in [1.54, 1.807) is 0 Å². The second-order valence-corrected chi connectivity index (χ2v) is 5.72. The van der Waals surface area contributed by atoms with E-state index in [4.69, 9.17) is 17.1 Å². The fourth-order valence-electron chi connectivity index (χ4n) is 0.146. The molecule has 0 N–H and O–H groups in total. The average Bonchev–Trinajstić information content (AvgIpc) is 1.61. The molecule has 0 saturated heterocycles. The van der Waals surface area contributed by atoms with Gasteiger partial charge in [0.05, 0.1) is 24.7 Å². The summed E-state index contributed by atoms with van der Waals surface area (Å²) in [5.74, 6) is -0.551. The Morgan fingerprint density at radius 1 is 1.86 bits per heavy atom. The SMILES string of the molecule is N#CCC[P+](=S)S. The van der Waals surface area contributed by atoms with Gasteiger partial charge in [-0.2, -0.15) is 5.26 Å². The highest BCUT2D eigenvalue weighted by Crippen LogP contribution is 2.25. The van der Waals surface area contributed by atoms with Gasteiger partial charge < -0.3 is 0 Å². The number of hydrogen-bond acceptors (Lipinski definition) is 2. The van der Waals surface area contributed by atoms with Gasteiger partial charge in [-0.05, 0) is 0 Å². The molecule has 0 aliphatic rings. The van der Waals surface area contributed by atoms with Crippen molar-refractivity contribution in [3.8, 4) is 6.07 Å². The summed E-state index contributed by atoms with van der Waals surface area (Å²) in [6, 6.07) is 2.00. The van der Waals surface area contributed by atoms with Crippen LogP contribution in [0, 0.1) is 11.3 Å². The Balaban J connectivity index is 3.02. The van der Waals surface area contributed by atoms with Gasteiger partial charge in [-0.25, -0.2) is 0 Å². The molecule has 38 valence electrons. The van der Waals surface area contributed by atoms with E-state index in [1.807, 2.05) is 6.07 Å². The van der Waals surface area contributed by atoms with Gasteiger partial charge in [-0.15, -0.1) is 0 Å². The molecule has 0 aliphatic carbocycles. The van der Waals surface area contributed by atoms with Gasteiger partial charge in [0.15, 0.2) is 11.8 Å². The van der Waals surface area contributed by atoms with E-state index < -0.39 is 5.90 Å². The van der Waals surface area contributed by atoms with Crippen molar-refractivity contribution in [1.82, 2.24) is 0 Å². The lowest BCUT2D eigenvalue weighted by atomic mass is 10.6. The fourth-order valence-corrected chi connectivity index (χ4v) is 1.01. The van der Waals surface area contributed by atoms with Gasteiger partial charge in [0.1, 0.15) is 6.16 Å². The van der Waals surface area contributed by atoms with E-state index in [2.05, 4.69) is 12.2 Å². The van der Waals surface area contributed by atoms with Crippen molar-refractivity contribution in [3.05, 3.63) is 0 Å². The number of thiol groups is 1. The summed E-state index contributed by atoms with van der Waals surface area (Å²) in [6.45, 7) is 0. The standard InChI is InChI=1S/C3H4NPS2/c4-2-1-3-5(6)7/h1,3H2/p+1. The van der Waals surface area contributed by atoms with Crippen LogP contribution < -0.4 is 0 Å². The highest BCUT2D eigenvalue weighted by Gasteiger charge is 1.98. The summed E-state index contributed by atoms with van der Waals surface area (Å²) < 4.78 is 0. The molecule has 0 aromatic carbocycles. The third-order valence-electron chi connectivity index (χ3n) is 0.415. The molecule has 0 heterocycles. The Morgan fingerprint density at radius 3 is 2.57 bits per heavy atom. The Bertz CT molecular complexity index is 106. The van der Waals surface area contributed by atoms with E-state index in [1.165, 1.54) is 0 Å². The average molecular weight is 150 g/mol. The Hall–Kier alpha value is 0.360. The highest BCUT2D eigenvalue weighted by molar-refractivity contribution is 8.56. The summed E-state index contributed by atoms with van der Waals surface area (Å²) >= 11 is 8.68. The monoisotopic (exact) mass is 150 g/mol. The second-order valence-electron chi connectivity index (χ2n) is 0.984. The van der Waals surface area contributed by atoms with Crippen LogP contribution >= 0.6 is 18.1 Å². The van der Waals surface area contributed by atoms with Crippen molar-refractivity contribution in [2.45, 2.75) is 6.42 Å². The van der Waals surface area contributed by atoms with Crippen molar-refractivity contribution >= 4 is 30.0 Å². The Morgan fingerprint density at radius 2 is 2.43 bits per heavy atom. The van der Waals surface area contributed by atoms with E-state index in [-0.39, 0.29) is 0 Å². The van der Waals surface area contributed by atoms with Crippen molar-refractivity contribution in [2.24, 2.45) is 0 Å². The fraction of sp³-hybridized carbons (Fsp3) is 0.667. The molecule has 1 unspecified atom stereocenters. The zero-order valence-corrected chi connectivity index (χ0v) is 6.27. The Labute approximate surface area is 54.3 Å². The van der Waals surface area contributed by atoms with E-state index in [0.717, 1.165) is 6.16 Å².